The van der Waals surface area contributed by atoms with Gasteiger partial charge in [-0.25, -0.2) is 0 Å². The quantitative estimate of drug-likeness (QED) is 0.559. The molecule has 0 fully saturated rings. The molecule has 0 atom stereocenters. The Morgan fingerprint density at radius 2 is 2.33 bits per heavy atom. The van der Waals surface area contributed by atoms with Crippen molar-refractivity contribution in [1.29, 1.82) is 0 Å². The van der Waals surface area contributed by atoms with Crippen LogP contribution in [0.3, 0.4) is 0 Å². The number of rotatable bonds is 0. The third-order valence-corrected chi connectivity index (χ3v) is 3.14. The summed E-state index contributed by atoms with van der Waals surface area (Å²) in [7, 11) is 0. The van der Waals surface area contributed by atoms with Gasteiger partial charge < -0.3 is 0 Å². The van der Waals surface area contributed by atoms with Crippen LogP contribution in [0.4, 0.5) is 0 Å². The molecule has 0 N–H and O–H groups in total. The summed E-state index contributed by atoms with van der Waals surface area (Å²) in [6, 6.07) is 4.23. The van der Waals surface area contributed by atoms with Crippen LogP contribution in [0.15, 0.2) is 29.5 Å². The summed E-state index contributed by atoms with van der Waals surface area (Å²) in [5, 5.41) is 1.30. The second-order valence-corrected chi connectivity index (χ2v) is 3.82. The van der Waals surface area contributed by atoms with E-state index in [-0.39, 0.29) is 0 Å². The molecule has 0 bridgehead atoms. The molecule has 0 aliphatic rings. The SMILES string of the molecule is c1cc2[se]ccc2cn1. The Kier molecular flexibility index (Phi) is 1.15. The summed E-state index contributed by atoms with van der Waals surface area (Å²) in [6.45, 7) is 0. The number of fused-ring (bicyclic) bond motifs is 1. The molecule has 0 saturated heterocycles. The maximum atomic E-state index is 4.02. The van der Waals surface area contributed by atoms with Gasteiger partial charge in [-0.1, -0.05) is 0 Å². The van der Waals surface area contributed by atoms with Crippen LogP contribution in [0.1, 0.15) is 0 Å². The zero-order valence-electron chi connectivity index (χ0n) is 4.74. The second kappa shape index (κ2) is 1.98. The van der Waals surface area contributed by atoms with Crippen molar-refractivity contribution >= 4 is 24.1 Å². The Balaban J connectivity index is 2.95. The summed E-state index contributed by atoms with van der Waals surface area (Å²) < 4.78 is 1.46. The van der Waals surface area contributed by atoms with Crippen molar-refractivity contribution < 1.29 is 0 Å². The molecule has 44 valence electrons. The minimum atomic E-state index is 0.582. The van der Waals surface area contributed by atoms with Gasteiger partial charge in [0.15, 0.2) is 0 Å². The van der Waals surface area contributed by atoms with Crippen LogP contribution in [-0.4, -0.2) is 19.5 Å². The van der Waals surface area contributed by atoms with Crippen molar-refractivity contribution in [3.8, 4) is 0 Å². The second-order valence-electron chi connectivity index (χ2n) is 1.83. The number of hydrogen-bond donors (Lipinski definition) is 0. The topological polar surface area (TPSA) is 12.9 Å². The van der Waals surface area contributed by atoms with E-state index in [9.17, 15) is 0 Å². The van der Waals surface area contributed by atoms with E-state index in [4.69, 9.17) is 0 Å². The maximum absolute atomic E-state index is 4.02. The van der Waals surface area contributed by atoms with Crippen molar-refractivity contribution in [2.45, 2.75) is 0 Å². The van der Waals surface area contributed by atoms with Gasteiger partial charge in [0, 0.05) is 0 Å². The summed E-state index contributed by atoms with van der Waals surface area (Å²) in [6.07, 6.45) is 3.77. The first-order valence-electron chi connectivity index (χ1n) is 2.74. The van der Waals surface area contributed by atoms with Gasteiger partial charge in [-0.15, -0.1) is 0 Å². The summed E-state index contributed by atoms with van der Waals surface area (Å²) >= 11 is 0.582. The van der Waals surface area contributed by atoms with Crippen molar-refractivity contribution in [3.05, 3.63) is 29.5 Å². The molecule has 0 aliphatic heterocycles. The normalized spacial score (nSPS) is 10.2. The molecule has 0 radical (unpaired) electrons. The van der Waals surface area contributed by atoms with Crippen LogP contribution in [0.25, 0.3) is 9.65 Å². The predicted octanol–water partition coefficient (Wildman–Crippen LogP) is 1.29. The van der Waals surface area contributed by atoms with E-state index in [0.29, 0.717) is 14.5 Å². The molecule has 2 rings (SSSR count). The van der Waals surface area contributed by atoms with E-state index >= 15 is 0 Å². The molecular weight excluding hydrogens is 177 g/mol. The molecule has 0 aromatic carbocycles. The Morgan fingerprint density at radius 1 is 1.33 bits per heavy atom. The fourth-order valence-corrected chi connectivity index (χ4v) is 2.40. The molecule has 2 aromatic heterocycles. The zero-order chi connectivity index (χ0) is 6.10. The van der Waals surface area contributed by atoms with E-state index in [1.54, 1.807) is 0 Å². The van der Waals surface area contributed by atoms with Crippen molar-refractivity contribution in [2.24, 2.45) is 0 Å². The molecule has 1 nitrogen and oxygen atoms in total. The van der Waals surface area contributed by atoms with Crippen LogP contribution < -0.4 is 0 Å². The fourth-order valence-electron chi connectivity index (χ4n) is 0.807. The van der Waals surface area contributed by atoms with Crippen molar-refractivity contribution in [1.82, 2.24) is 4.98 Å². The van der Waals surface area contributed by atoms with Crippen LogP contribution in [0, 0.1) is 0 Å². The first kappa shape index (κ1) is 5.21. The third kappa shape index (κ3) is 0.805. The summed E-state index contributed by atoms with van der Waals surface area (Å²) in [5.41, 5.74) is 0. The van der Waals surface area contributed by atoms with Gasteiger partial charge in [0.25, 0.3) is 0 Å². The van der Waals surface area contributed by atoms with E-state index in [1.165, 1.54) is 9.65 Å². The van der Waals surface area contributed by atoms with Crippen LogP contribution >= 0.6 is 0 Å². The Morgan fingerprint density at radius 3 is 3.22 bits per heavy atom. The van der Waals surface area contributed by atoms with Gasteiger partial charge in [0.1, 0.15) is 0 Å². The molecular formula is C7H5NSe. The van der Waals surface area contributed by atoms with Gasteiger partial charge in [0.2, 0.25) is 0 Å². The van der Waals surface area contributed by atoms with Gasteiger partial charge >= 0.3 is 58.6 Å². The van der Waals surface area contributed by atoms with E-state index < -0.39 is 0 Å². The summed E-state index contributed by atoms with van der Waals surface area (Å²) in [5.74, 6) is 0. The van der Waals surface area contributed by atoms with Crippen LogP contribution in [0.2, 0.25) is 0 Å². The number of hydrogen-bond acceptors (Lipinski definition) is 1. The van der Waals surface area contributed by atoms with Gasteiger partial charge in [0.05, 0.1) is 0 Å². The number of aromatic nitrogens is 1. The van der Waals surface area contributed by atoms with E-state index in [1.807, 2.05) is 12.4 Å². The molecule has 2 aromatic rings. The first-order valence-corrected chi connectivity index (χ1v) is 4.58. The van der Waals surface area contributed by atoms with E-state index in [2.05, 4.69) is 22.1 Å². The van der Waals surface area contributed by atoms with Gasteiger partial charge in [-0.05, 0) is 0 Å². The average Bonchev–Trinajstić information content (AvgIpc) is 2.33. The molecule has 2 heteroatoms. The number of pyridine rings is 1. The molecule has 0 amide bonds. The Bertz CT molecular complexity index is 283. The predicted molar refractivity (Wildman–Crippen MR) is 38.7 cm³/mol. The molecule has 0 spiro atoms. The zero-order valence-corrected chi connectivity index (χ0v) is 6.46. The molecule has 0 saturated carbocycles. The molecule has 9 heavy (non-hydrogen) atoms. The monoisotopic (exact) mass is 183 g/mol. The summed E-state index contributed by atoms with van der Waals surface area (Å²) in [4.78, 5) is 6.24. The van der Waals surface area contributed by atoms with Crippen molar-refractivity contribution in [2.75, 3.05) is 0 Å². The molecule has 2 heterocycles. The fraction of sp³-hybridized carbons (Fsp3) is 0. The average molecular weight is 182 g/mol. The van der Waals surface area contributed by atoms with E-state index in [0.717, 1.165) is 0 Å². The van der Waals surface area contributed by atoms with Crippen LogP contribution in [0.5, 0.6) is 0 Å². The van der Waals surface area contributed by atoms with Gasteiger partial charge in [-0.3, -0.25) is 0 Å². The van der Waals surface area contributed by atoms with Crippen molar-refractivity contribution in [3.63, 3.8) is 0 Å². The molecule has 0 unspecified atom stereocenters. The van der Waals surface area contributed by atoms with Gasteiger partial charge in [-0.2, -0.15) is 0 Å². The Labute approximate surface area is 59.1 Å². The number of nitrogens with zero attached hydrogens (tertiary/aromatic N) is 1. The third-order valence-electron chi connectivity index (χ3n) is 1.25. The first-order chi connectivity index (χ1) is 4.47. The Hall–Kier alpha value is -0.591. The minimum absolute atomic E-state index is 0.582. The standard InChI is InChI=1S/C7H5NSe/c1-3-8-5-6-2-4-9-7(1)6/h1-5H. The van der Waals surface area contributed by atoms with Crippen LogP contribution in [-0.2, 0) is 0 Å². The molecule has 0 aliphatic carbocycles.